The summed E-state index contributed by atoms with van der Waals surface area (Å²) in [4.78, 5) is 11.7. The molecule has 1 amide bonds. The highest BCUT2D eigenvalue weighted by Gasteiger charge is 2.21. The van der Waals surface area contributed by atoms with Crippen molar-refractivity contribution < 1.29 is 22.7 Å². The lowest BCUT2D eigenvalue weighted by Crippen LogP contribution is -2.17. The zero-order valence-electron chi connectivity index (χ0n) is 14.9. The van der Waals surface area contributed by atoms with Gasteiger partial charge in [0, 0.05) is 5.69 Å². The first-order valence-corrected chi connectivity index (χ1v) is 11.3. The standard InChI is InChI=1S/C17H19BrN2O5S2/c1-24-14-6-5-12(8-13(14)18)20-27(22,23)16-9-11(4-7-15(16)25-2)19-17(21)10-26-3/h4-9,20H,10H2,1-3H3,(H,19,21). The molecule has 27 heavy (non-hydrogen) atoms. The van der Waals surface area contributed by atoms with Crippen LogP contribution in [0.2, 0.25) is 0 Å². The number of carbonyl (C=O) groups is 1. The molecule has 0 saturated heterocycles. The first-order valence-electron chi connectivity index (χ1n) is 7.64. The van der Waals surface area contributed by atoms with Crippen LogP contribution in [0, 0.1) is 0 Å². The molecule has 0 aliphatic carbocycles. The minimum absolute atomic E-state index is 0.0844. The maximum Gasteiger partial charge on any atom is 0.265 e. The molecule has 0 atom stereocenters. The van der Waals surface area contributed by atoms with Crippen molar-refractivity contribution in [1.29, 1.82) is 0 Å². The van der Waals surface area contributed by atoms with Crippen molar-refractivity contribution in [2.45, 2.75) is 4.90 Å². The van der Waals surface area contributed by atoms with Crippen LogP contribution in [0.25, 0.3) is 0 Å². The molecule has 0 saturated carbocycles. The second kappa shape index (κ2) is 9.34. The Balaban J connectivity index is 2.35. The molecular weight excluding hydrogens is 456 g/mol. The Morgan fingerprint density at radius 2 is 1.70 bits per heavy atom. The van der Waals surface area contributed by atoms with E-state index in [4.69, 9.17) is 9.47 Å². The molecule has 0 aliphatic rings. The third-order valence-electron chi connectivity index (χ3n) is 3.42. The van der Waals surface area contributed by atoms with Crippen molar-refractivity contribution in [3.05, 3.63) is 40.9 Å². The Bertz CT molecular complexity index is 935. The number of thioether (sulfide) groups is 1. The minimum Gasteiger partial charge on any atom is -0.496 e. The van der Waals surface area contributed by atoms with E-state index in [1.165, 1.54) is 38.1 Å². The number of rotatable bonds is 8. The normalized spacial score (nSPS) is 11.0. The van der Waals surface area contributed by atoms with Crippen molar-refractivity contribution in [2.75, 3.05) is 36.3 Å². The molecule has 0 radical (unpaired) electrons. The number of hydrogen-bond donors (Lipinski definition) is 2. The van der Waals surface area contributed by atoms with Crippen molar-refractivity contribution in [3.63, 3.8) is 0 Å². The Kier molecular flexibility index (Phi) is 7.40. The summed E-state index contributed by atoms with van der Waals surface area (Å²) in [6.07, 6.45) is 1.81. The molecule has 0 unspecified atom stereocenters. The highest BCUT2D eigenvalue weighted by molar-refractivity contribution is 9.10. The SMILES string of the molecule is COc1ccc(NS(=O)(=O)c2cc(NC(=O)CSC)ccc2OC)cc1Br. The van der Waals surface area contributed by atoms with Crippen LogP contribution >= 0.6 is 27.7 Å². The van der Waals surface area contributed by atoms with Gasteiger partial charge < -0.3 is 14.8 Å². The fourth-order valence-corrected chi connectivity index (χ4v) is 4.35. The minimum atomic E-state index is -3.96. The molecule has 7 nitrogen and oxygen atoms in total. The Labute approximate surface area is 171 Å². The van der Waals surface area contributed by atoms with E-state index in [0.717, 1.165) is 0 Å². The number of amides is 1. The van der Waals surface area contributed by atoms with Crippen LogP contribution in [0.5, 0.6) is 11.5 Å². The lowest BCUT2D eigenvalue weighted by atomic mass is 10.3. The third kappa shape index (κ3) is 5.53. The van der Waals surface area contributed by atoms with Gasteiger partial charge in [-0.25, -0.2) is 8.42 Å². The molecule has 0 fully saturated rings. The van der Waals surface area contributed by atoms with Gasteiger partial charge in [0.15, 0.2) is 0 Å². The van der Waals surface area contributed by atoms with Gasteiger partial charge in [0.1, 0.15) is 16.4 Å². The summed E-state index contributed by atoms with van der Waals surface area (Å²) in [5.74, 6) is 0.793. The third-order valence-corrected chi connectivity index (χ3v) is 5.99. The van der Waals surface area contributed by atoms with Gasteiger partial charge in [0.05, 0.1) is 30.1 Å². The van der Waals surface area contributed by atoms with Crippen molar-refractivity contribution in [3.8, 4) is 11.5 Å². The summed E-state index contributed by atoms with van der Waals surface area (Å²) in [6, 6.07) is 9.24. The van der Waals surface area contributed by atoms with Crippen LogP contribution in [0.4, 0.5) is 11.4 Å². The zero-order chi connectivity index (χ0) is 20.0. The quantitative estimate of drug-likeness (QED) is 0.607. The van der Waals surface area contributed by atoms with Gasteiger partial charge >= 0.3 is 0 Å². The lowest BCUT2D eigenvalue weighted by Gasteiger charge is -2.14. The van der Waals surface area contributed by atoms with E-state index in [1.54, 1.807) is 30.5 Å². The Hall–Kier alpha value is -1.91. The fraction of sp³-hybridized carbons (Fsp3) is 0.235. The molecule has 2 aromatic rings. The lowest BCUT2D eigenvalue weighted by molar-refractivity contribution is -0.113. The highest BCUT2D eigenvalue weighted by Crippen LogP contribution is 2.32. The van der Waals surface area contributed by atoms with Crippen molar-refractivity contribution in [1.82, 2.24) is 0 Å². The average Bonchev–Trinajstić information content (AvgIpc) is 2.61. The van der Waals surface area contributed by atoms with Gasteiger partial charge in [-0.15, -0.1) is 0 Å². The molecule has 0 spiro atoms. The Morgan fingerprint density at radius 1 is 1.07 bits per heavy atom. The molecule has 0 aliphatic heterocycles. The summed E-state index contributed by atoms with van der Waals surface area (Å²) in [7, 11) is -1.06. The van der Waals surface area contributed by atoms with E-state index in [1.807, 2.05) is 0 Å². The first-order chi connectivity index (χ1) is 12.8. The number of nitrogens with one attached hydrogen (secondary N) is 2. The van der Waals surface area contributed by atoms with Crippen molar-refractivity contribution >= 4 is 55.0 Å². The van der Waals surface area contributed by atoms with E-state index in [0.29, 0.717) is 21.6 Å². The topological polar surface area (TPSA) is 93.7 Å². The van der Waals surface area contributed by atoms with E-state index in [-0.39, 0.29) is 22.3 Å². The maximum atomic E-state index is 12.9. The molecule has 0 bridgehead atoms. The molecule has 2 rings (SSSR count). The second-order valence-electron chi connectivity index (χ2n) is 5.30. The van der Waals surface area contributed by atoms with Gasteiger partial charge in [-0.1, -0.05) is 0 Å². The predicted molar refractivity (Wildman–Crippen MR) is 112 cm³/mol. The van der Waals surface area contributed by atoms with Crippen LogP contribution in [0.3, 0.4) is 0 Å². The molecule has 146 valence electrons. The van der Waals surface area contributed by atoms with E-state index in [2.05, 4.69) is 26.0 Å². The molecular formula is C17H19BrN2O5S2. The largest absolute Gasteiger partial charge is 0.496 e. The van der Waals surface area contributed by atoms with Gasteiger partial charge in [-0.2, -0.15) is 11.8 Å². The highest BCUT2D eigenvalue weighted by atomic mass is 79.9. The van der Waals surface area contributed by atoms with Crippen LogP contribution in [0.1, 0.15) is 0 Å². The van der Waals surface area contributed by atoms with E-state index in [9.17, 15) is 13.2 Å². The zero-order valence-corrected chi connectivity index (χ0v) is 18.1. The number of halogens is 1. The summed E-state index contributed by atoms with van der Waals surface area (Å²) in [6.45, 7) is 0. The summed E-state index contributed by atoms with van der Waals surface area (Å²) < 4.78 is 39.1. The number of methoxy groups -OCH3 is 2. The van der Waals surface area contributed by atoms with Crippen LogP contribution in [0.15, 0.2) is 45.8 Å². The van der Waals surface area contributed by atoms with Crippen LogP contribution < -0.4 is 19.5 Å². The maximum absolute atomic E-state index is 12.9. The summed E-state index contributed by atoms with van der Waals surface area (Å²) in [5.41, 5.74) is 0.715. The predicted octanol–water partition coefficient (Wildman–Crippen LogP) is 3.57. The number of benzene rings is 2. The molecule has 2 N–H and O–H groups in total. The first kappa shape index (κ1) is 21.4. The Morgan fingerprint density at radius 3 is 2.30 bits per heavy atom. The van der Waals surface area contributed by atoms with Gasteiger partial charge in [0.2, 0.25) is 5.91 Å². The average molecular weight is 475 g/mol. The fourth-order valence-electron chi connectivity index (χ4n) is 2.23. The van der Waals surface area contributed by atoms with Gasteiger partial charge in [0.25, 0.3) is 10.0 Å². The van der Waals surface area contributed by atoms with E-state index >= 15 is 0 Å². The van der Waals surface area contributed by atoms with Crippen molar-refractivity contribution in [2.24, 2.45) is 0 Å². The smallest absolute Gasteiger partial charge is 0.265 e. The number of anilines is 2. The molecule has 0 aromatic heterocycles. The van der Waals surface area contributed by atoms with Crippen LogP contribution in [-0.2, 0) is 14.8 Å². The molecule has 2 aromatic carbocycles. The number of hydrogen-bond acceptors (Lipinski definition) is 6. The van der Waals surface area contributed by atoms with E-state index < -0.39 is 10.0 Å². The monoisotopic (exact) mass is 474 g/mol. The summed E-state index contributed by atoms with van der Waals surface area (Å²) in [5, 5.41) is 2.66. The molecule has 10 heteroatoms. The van der Waals surface area contributed by atoms with Gasteiger partial charge in [-0.3, -0.25) is 9.52 Å². The second-order valence-corrected chi connectivity index (χ2v) is 8.67. The van der Waals surface area contributed by atoms with Gasteiger partial charge in [-0.05, 0) is 58.6 Å². The van der Waals surface area contributed by atoms with Crippen LogP contribution in [-0.4, -0.2) is 40.6 Å². The number of carbonyl (C=O) groups excluding carboxylic acids is 1. The summed E-state index contributed by atoms with van der Waals surface area (Å²) >= 11 is 4.69. The number of sulfonamides is 1. The number of ether oxygens (including phenoxy) is 2. The molecule has 0 heterocycles.